The van der Waals surface area contributed by atoms with E-state index in [0.29, 0.717) is 6.54 Å². The van der Waals surface area contributed by atoms with E-state index in [2.05, 4.69) is 35.4 Å². The quantitative estimate of drug-likeness (QED) is 0.864. The highest BCUT2D eigenvalue weighted by Crippen LogP contribution is 2.28. The fourth-order valence-corrected chi connectivity index (χ4v) is 3.63. The summed E-state index contributed by atoms with van der Waals surface area (Å²) in [6, 6.07) is 12.7. The SMILES string of the molecule is CC(c1cccs1)N(C)CC(=O)N1CCc2ccccc21. The van der Waals surface area contributed by atoms with Crippen LogP contribution in [0.3, 0.4) is 0 Å². The number of rotatable bonds is 4. The second-order valence-electron chi connectivity index (χ2n) is 5.53. The van der Waals surface area contributed by atoms with Gasteiger partial charge in [0.15, 0.2) is 0 Å². The summed E-state index contributed by atoms with van der Waals surface area (Å²) in [5.41, 5.74) is 2.36. The van der Waals surface area contributed by atoms with Crippen molar-refractivity contribution in [3.63, 3.8) is 0 Å². The fourth-order valence-electron chi connectivity index (χ4n) is 2.78. The van der Waals surface area contributed by atoms with Crippen molar-refractivity contribution in [3.8, 4) is 0 Å². The first-order chi connectivity index (χ1) is 10.2. The van der Waals surface area contributed by atoms with Crippen LogP contribution in [0.15, 0.2) is 41.8 Å². The van der Waals surface area contributed by atoms with Crippen molar-refractivity contribution in [1.82, 2.24) is 4.90 Å². The molecule has 0 radical (unpaired) electrons. The number of anilines is 1. The molecule has 1 aliphatic heterocycles. The third kappa shape index (κ3) is 2.87. The van der Waals surface area contributed by atoms with E-state index in [4.69, 9.17) is 0 Å². The van der Waals surface area contributed by atoms with Gasteiger partial charge in [-0.15, -0.1) is 11.3 Å². The van der Waals surface area contributed by atoms with Crippen LogP contribution in [-0.2, 0) is 11.2 Å². The molecule has 0 saturated carbocycles. The number of hydrogen-bond donors (Lipinski definition) is 0. The Morgan fingerprint density at radius 2 is 2.14 bits per heavy atom. The maximum atomic E-state index is 12.6. The highest BCUT2D eigenvalue weighted by Gasteiger charge is 2.26. The van der Waals surface area contributed by atoms with Crippen LogP contribution in [-0.4, -0.2) is 30.9 Å². The highest BCUT2D eigenvalue weighted by atomic mass is 32.1. The van der Waals surface area contributed by atoms with Gasteiger partial charge in [0.25, 0.3) is 0 Å². The molecule has 1 aromatic carbocycles. The summed E-state index contributed by atoms with van der Waals surface area (Å²) in [6.45, 7) is 3.41. The van der Waals surface area contributed by atoms with E-state index in [1.807, 2.05) is 30.1 Å². The van der Waals surface area contributed by atoms with Gasteiger partial charge in [-0.1, -0.05) is 24.3 Å². The average Bonchev–Trinajstić information content (AvgIpc) is 3.15. The number of amides is 1. The number of hydrogen-bond acceptors (Lipinski definition) is 3. The number of carbonyl (C=O) groups is 1. The van der Waals surface area contributed by atoms with E-state index < -0.39 is 0 Å². The molecule has 3 nitrogen and oxygen atoms in total. The summed E-state index contributed by atoms with van der Waals surface area (Å²) in [5.74, 6) is 0.186. The predicted octanol–water partition coefficient (Wildman–Crippen LogP) is 3.33. The smallest absolute Gasteiger partial charge is 0.241 e. The lowest BCUT2D eigenvalue weighted by Gasteiger charge is -2.26. The number of para-hydroxylation sites is 1. The number of thiophene rings is 1. The number of fused-ring (bicyclic) bond motifs is 1. The molecule has 1 aliphatic rings. The van der Waals surface area contributed by atoms with Crippen molar-refractivity contribution >= 4 is 22.9 Å². The van der Waals surface area contributed by atoms with Crippen molar-refractivity contribution in [1.29, 1.82) is 0 Å². The summed E-state index contributed by atoms with van der Waals surface area (Å²) in [7, 11) is 2.02. The minimum Gasteiger partial charge on any atom is -0.311 e. The zero-order valence-electron chi connectivity index (χ0n) is 12.5. The molecule has 0 spiro atoms. The Labute approximate surface area is 129 Å². The topological polar surface area (TPSA) is 23.6 Å². The number of nitrogens with zero attached hydrogens (tertiary/aromatic N) is 2. The minimum atomic E-state index is 0.186. The van der Waals surface area contributed by atoms with Crippen LogP contribution >= 0.6 is 11.3 Å². The van der Waals surface area contributed by atoms with Crippen molar-refractivity contribution < 1.29 is 4.79 Å². The molecule has 1 aromatic heterocycles. The molecule has 4 heteroatoms. The first-order valence-corrected chi connectivity index (χ1v) is 8.16. The average molecular weight is 300 g/mol. The Kier molecular flexibility index (Phi) is 4.08. The molecule has 1 atom stereocenters. The number of carbonyl (C=O) groups excluding carboxylic acids is 1. The normalized spacial score (nSPS) is 15.3. The van der Waals surface area contributed by atoms with E-state index in [-0.39, 0.29) is 11.9 Å². The van der Waals surface area contributed by atoms with Crippen molar-refractivity contribution in [2.24, 2.45) is 0 Å². The zero-order chi connectivity index (χ0) is 14.8. The molecule has 3 rings (SSSR count). The summed E-state index contributed by atoms with van der Waals surface area (Å²) < 4.78 is 0. The zero-order valence-corrected chi connectivity index (χ0v) is 13.3. The van der Waals surface area contributed by atoms with E-state index in [1.54, 1.807) is 11.3 Å². The molecule has 0 bridgehead atoms. The number of benzene rings is 1. The van der Waals surface area contributed by atoms with Crippen LogP contribution in [0.1, 0.15) is 23.4 Å². The summed E-state index contributed by atoms with van der Waals surface area (Å²) in [5, 5.41) is 2.08. The van der Waals surface area contributed by atoms with Crippen LogP contribution in [0.2, 0.25) is 0 Å². The Morgan fingerprint density at radius 3 is 2.90 bits per heavy atom. The maximum absolute atomic E-state index is 12.6. The van der Waals surface area contributed by atoms with Crippen LogP contribution in [0, 0.1) is 0 Å². The lowest BCUT2D eigenvalue weighted by Crippen LogP contribution is -2.38. The van der Waals surface area contributed by atoms with Gasteiger partial charge in [-0.25, -0.2) is 0 Å². The molecule has 0 N–H and O–H groups in total. The fraction of sp³-hybridized carbons (Fsp3) is 0.353. The lowest BCUT2D eigenvalue weighted by atomic mass is 10.2. The van der Waals surface area contributed by atoms with Gasteiger partial charge in [-0.2, -0.15) is 0 Å². The second-order valence-corrected chi connectivity index (χ2v) is 6.51. The molecular formula is C17H20N2OS. The Morgan fingerprint density at radius 1 is 1.33 bits per heavy atom. The van der Waals surface area contributed by atoms with Gasteiger partial charge in [0.2, 0.25) is 5.91 Å². The molecule has 21 heavy (non-hydrogen) atoms. The molecular weight excluding hydrogens is 280 g/mol. The van der Waals surface area contributed by atoms with E-state index in [9.17, 15) is 4.79 Å². The van der Waals surface area contributed by atoms with Crippen LogP contribution in [0.25, 0.3) is 0 Å². The predicted molar refractivity (Wildman–Crippen MR) is 87.9 cm³/mol. The Hall–Kier alpha value is -1.65. The van der Waals surface area contributed by atoms with E-state index in [0.717, 1.165) is 18.7 Å². The minimum absolute atomic E-state index is 0.186. The summed E-state index contributed by atoms with van der Waals surface area (Å²) in [4.78, 5) is 17.9. The van der Waals surface area contributed by atoms with E-state index >= 15 is 0 Å². The van der Waals surface area contributed by atoms with Crippen LogP contribution in [0.4, 0.5) is 5.69 Å². The first-order valence-electron chi connectivity index (χ1n) is 7.28. The second kappa shape index (κ2) is 6.00. The Bertz CT molecular complexity index is 623. The molecule has 2 heterocycles. The third-order valence-electron chi connectivity index (χ3n) is 4.19. The van der Waals surface area contributed by atoms with Gasteiger partial charge < -0.3 is 4.90 Å². The molecule has 110 valence electrons. The first kappa shape index (κ1) is 14.3. The van der Waals surface area contributed by atoms with Gasteiger partial charge in [0, 0.05) is 23.2 Å². The molecule has 0 saturated heterocycles. The van der Waals surface area contributed by atoms with Crippen molar-refractivity contribution in [2.75, 3.05) is 25.0 Å². The van der Waals surface area contributed by atoms with Gasteiger partial charge in [-0.3, -0.25) is 9.69 Å². The molecule has 1 amide bonds. The number of likely N-dealkylation sites (N-methyl/N-ethyl adjacent to an activating group) is 1. The van der Waals surface area contributed by atoms with E-state index in [1.165, 1.54) is 10.4 Å². The lowest BCUT2D eigenvalue weighted by molar-refractivity contribution is -0.119. The molecule has 1 unspecified atom stereocenters. The largest absolute Gasteiger partial charge is 0.311 e. The van der Waals surface area contributed by atoms with Gasteiger partial charge in [0.1, 0.15) is 0 Å². The monoisotopic (exact) mass is 300 g/mol. The summed E-state index contributed by atoms with van der Waals surface area (Å²) >= 11 is 1.74. The third-order valence-corrected chi connectivity index (χ3v) is 5.23. The molecule has 2 aromatic rings. The van der Waals surface area contributed by atoms with Crippen molar-refractivity contribution in [2.45, 2.75) is 19.4 Å². The molecule has 0 fully saturated rings. The Balaban J connectivity index is 1.67. The highest BCUT2D eigenvalue weighted by molar-refractivity contribution is 7.10. The van der Waals surface area contributed by atoms with Crippen molar-refractivity contribution in [3.05, 3.63) is 52.2 Å². The van der Waals surface area contributed by atoms with Gasteiger partial charge in [-0.05, 0) is 43.5 Å². The summed E-state index contributed by atoms with van der Waals surface area (Å²) in [6.07, 6.45) is 0.964. The standard InChI is InChI=1S/C17H20N2OS/c1-13(16-8-5-11-21-16)18(2)12-17(20)19-10-9-14-6-3-4-7-15(14)19/h3-8,11,13H,9-10,12H2,1-2H3. The van der Waals surface area contributed by atoms with Crippen LogP contribution in [0.5, 0.6) is 0 Å². The maximum Gasteiger partial charge on any atom is 0.241 e. The molecule has 0 aliphatic carbocycles. The van der Waals surface area contributed by atoms with Gasteiger partial charge >= 0.3 is 0 Å². The van der Waals surface area contributed by atoms with Crippen LogP contribution < -0.4 is 4.90 Å². The van der Waals surface area contributed by atoms with Gasteiger partial charge in [0.05, 0.1) is 6.54 Å².